The van der Waals surface area contributed by atoms with Crippen LogP contribution < -0.4 is 0 Å². The summed E-state index contributed by atoms with van der Waals surface area (Å²) >= 11 is 3.32. The highest BCUT2D eigenvalue weighted by Gasteiger charge is 2.06. The highest BCUT2D eigenvalue weighted by molar-refractivity contribution is 7.98. The van der Waals surface area contributed by atoms with Gasteiger partial charge in [-0.1, -0.05) is 11.8 Å². The number of aryl methyl sites for hydroxylation is 1. The summed E-state index contributed by atoms with van der Waals surface area (Å²) in [5, 5.41) is 12.1. The standard InChI is InChI=1S/C10H14N4OS2/c1-8-12-9(5-16-8)6-17-10-13-11-7-14(10)3-4-15-2/h5,7H,3-4,6H2,1-2H3. The third-order valence-electron chi connectivity index (χ3n) is 2.13. The van der Waals surface area contributed by atoms with Gasteiger partial charge in [-0.05, 0) is 6.92 Å². The van der Waals surface area contributed by atoms with Crippen LogP contribution in [0.4, 0.5) is 0 Å². The summed E-state index contributed by atoms with van der Waals surface area (Å²) in [6, 6.07) is 0. The van der Waals surface area contributed by atoms with Crippen molar-refractivity contribution in [3.63, 3.8) is 0 Å². The van der Waals surface area contributed by atoms with Crippen molar-refractivity contribution in [2.75, 3.05) is 13.7 Å². The lowest BCUT2D eigenvalue weighted by molar-refractivity contribution is 0.184. The van der Waals surface area contributed by atoms with Gasteiger partial charge in [-0.25, -0.2) is 4.98 Å². The Hall–Kier alpha value is -0.920. The van der Waals surface area contributed by atoms with E-state index >= 15 is 0 Å². The minimum Gasteiger partial charge on any atom is -0.383 e. The van der Waals surface area contributed by atoms with E-state index in [-0.39, 0.29) is 0 Å². The zero-order valence-electron chi connectivity index (χ0n) is 9.79. The minimum absolute atomic E-state index is 0.668. The van der Waals surface area contributed by atoms with Crippen LogP contribution in [0.5, 0.6) is 0 Å². The van der Waals surface area contributed by atoms with Crippen molar-refractivity contribution < 1.29 is 4.74 Å². The number of nitrogens with zero attached hydrogens (tertiary/aromatic N) is 4. The van der Waals surface area contributed by atoms with Crippen molar-refractivity contribution in [1.29, 1.82) is 0 Å². The number of thioether (sulfide) groups is 1. The number of aromatic nitrogens is 4. The van der Waals surface area contributed by atoms with Crippen molar-refractivity contribution in [1.82, 2.24) is 19.7 Å². The Bertz CT molecular complexity index is 468. The van der Waals surface area contributed by atoms with Crippen LogP contribution in [0.25, 0.3) is 0 Å². The predicted molar refractivity (Wildman–Crippen MR) is 68.3 cm³/mol. The van der Waals surface area contributed by atoms with E-state index in [0.29, 0.717) is 6.61 Å². The highest BCUT2D eigenvalue weighted by atomic mass is 32.2. The molecular formula is C10H14N4OS2. The molecule has 2 aromatic rings. The molecule has 0 spiro atoms. The second-order valence-corrected chi connectivity index (χ2v) is 5.45. The maximum atomic E-state index is 5.04. The van der Waals surface area contributed by atoms with Crippen LogP contribution in [0.3, 0.4) is 0 Å². The normalized spacial score (nSPS) is 10.9. The summed E-state index contributed by atoms with van der Waals surface area (Å²) in [5.41, 5.74) is 1.10. The molecule has 0 fully saturated rings. The Kier molecular flexibility index (Phi) is 4.52. The summed E-state index contributed by atoms with van der Waals surface area (Å²) in [7, 11) is 1.69. The molecule has 0 saturated carbocycles. The third-order valence-corrected chi connectivity index (χ3v) is 3.97. The largest absolute Gasteiger partial charge is 0.383 e. The maximum absolute atomic E-state index is 5.04. The zero-order chi connectivity index (χ0) is 12.1. The van der Waals surface area contributed by atoms with Gasteiger partial charge in [0.25, 0.3) is 0 Å². The number of ether oxygens (including phenoxy) is 1. The van der Waals surface area contributed by atoms with Crippen LogP contribution in [0.2, 0.25) is 0 Å². The van der Waals surface area contributed by atoms with Crippen LogP contribution in [0.1, 0.15) is 10.7 Å². The first-order chi connectivity index (χ1) is 8.29. The van der Waals surface area contributed by atoms with Crippen molar-refractivity contribution in [3.8, 4) is 0 Å². The van der Waals surface area contributed by atoms with Crippen molar-refractivity contribution in [2.24, 2.45) is 0 Å². The molecule has 5 nitrogen and oxygen atoms in total. The van der Waals surface area contributed by atoms with Gasteiger partial charge in [-0.15, -0.1) is 21.5 Å². The molecule has 0 saturated heterocycles. The molecule has 0 N–H and O–H groups in total. The SMILES string of the molecule is COCCn1cnnc1SCc1csc(C)n1. The van der Waals surface area contributed by atoms with E-state index in [9.17, 15) is 0 Å². The molecule has 0 aliphatic rings. The quantitative estimate of drug-likeness (QED) is 0.751. The number of rotatable bonds is 6. The lowest BCUT2D eigenvalue weighted by Gasteiger charge is -2.04. The molecule has 0 amide bonds. The Morgan fingerprint density at radius 2 is 2.41 bits per heavy atom. The maximum Gasteiger partial charge on any atom is 0.191 e. The summed E-state index contributed by atoms with van der Waals surface area (Å²) in [4.78, 5) is 4.42. The van der Waals surface area contributed by atoms with E-state index in [1.165, 1.54) is 0 Å². The summed E-state index contributed by atoms with van der Waals surface area (Å²) in [6.07, 6.45) is 1.73. The molecule has 17 heavy (non-hydrogen) atoms. The molecule has 0 atom stereocenters. The molecule has 2 aromatic heterocycles. The van der Waals surface area contributed by atoms with Gasteiger partial charge in [0.15, 0.2) is 5.16 Å². The van der Waals surface area contributed by atoms with Gasteiger partial charge in [0.1, 0.15) is 6.33 Å². The second-order valence-electron chi connectivity index (χ2n) is 3.45. The fourth-order valence-electron chi connectivity index (χ4n) is 1.31. The predicted octanol–water partition coefficient (Wildman–Crippen LogP) is 1.98. The Balaban J connectivity index is 1.92. The molecule has 92 valence electrons. The first kappa shape index (κ1) is 12.5. The molecule has 0 aromatic carbocycles. The van der Waals surface area contributed by atoms with Gasteiger partial charge in [0.2, 0.25) is 0 Å². The smallest absolute Gasteiger partial charge is 0.191 e. The van der Waals surface area contributed by atoms with Crippen molar-refractivity contribution in [3.05, 3.63) is 22.4 Å². The van der Waals surface area contributed by atoms with Crippen LogP contribution in [0, 0.1) is 6.92 Å². The molecule has 0 unspecified atom stereocenters. The van der Waals surface area contributed by atoms with E-state index in [1.54, 1.807) is 36.5 Å². The van der Waals surface area contributed by atoms with Crippen molar-refractivity contribution in [2.45, 2.75) is 24.4 Å². The number of hydrogen-bond acceptors (Lipinski definition) is 6. The van der Waals surface area contributed by atoms with Gasteiger partial charge in [-0.2, -0.15) is 0 Å². The van der Waals surface area contributed by atoms with Gasteiger partial charge in [0.05, 0.1) is 17.3 Å². The van der Waals surface area contributed by atoms with E-state index in [4.69, 9.17) is 4.74 Å². The van der Waals surface area contributed by atoms with Crippen LogP contribution in [-0.4, -0.2) is 33.5 Å². The zero-order valence-corrected chi connectivity index (χ0v) is 11.4. The van der Waals surface area contributed by atoms with E-state index in [1.807, 2.05) is 11.5 Å². The second kappa shape index (κ2) is 6.13. The molecule has 0 radical (unpaired) electrons. The van der Waals surface area contributed by atoms with E-state index in [2.05, 4.69) is 20.6 Å². The highest BCUT2D eigenvalue weighted by Crippen LogP contribution is 2.21. The minimum atomic E-state index is 0.668. The lowest BCUT2D eigenvalue weighted by Crippen LogP contribution is -2.04. The van der Waals surface area contributed by atoms with Gasteiger partial charge < -0.3 is 9.30 Å². The van der Waals surface area contributed by atoms with E-state index < -0.39 is 0 Å². The Morgan fingerprint density at radius 3 is 3.12 bits per heavy atom. The Labute approximate surface area is 108 Å². The van der Waals surface area contributed by atoms with Crippen molar-refractivity contribution >= 4 is 23.1 Å². The van der Waals surface area contributed by atoms with E-state index in [0.717, 1.165) is 28.2 Å². The molecule has 2 heterocycles. The average Bonchev–Trinajstić information content (AvgIpc) is 2.92. The fourth-order valence-corrected chi connectivity index (χ4v) is 2.86. The first-order valence-corrected chi connectivity index (χ1v) is 7.06. The topological polar surface area (TPSA) is 52.8 Å². The number of hydrogen-bond donors (Lipinski definition) is 0. The summed E-state index contributed by atoms with van der Waals surface area (Å²) < 4.78 is 7.03. The fraction of sp³-hybridized carbons (Fsp3) is 0.500. The molecule has 0 aliphatic heterocycles. The first-order valence-electron chi connectivity index (χ1n) is 5.20. The molecular weight excluding hydrogens is 256 g/mol. The van der Waals surface area contributed by atoms with Crippen LogP contribution >= 0.6 is 23.1 Å². The van der Waals surface area contributed by atoms with Gasteiger partial charge in [0, 0.05) is 24.8 Å². The number of methoxy groups -OCH3 is 1. The summed E-state index contributed by atoms with van der Waals surface area (Å²) in [6.45, 7) is 3.46. The monoisotopic (exact) mass is 270 g/mol. The Morgan fingerprint density at radius 1 is 1.53 bits per heavy atom. The number of thiazole rings is 1. The van der Waals surface area contributed by atoms with Gasteiger partial charge in [-0.3, -0.25) is 0 Å². The molecule has 7 heteroatoms. The van der Waals surface area contributed by atoms with Crippen LogP contribution in [-0.2, 0) is 17.0 Å². The third kappa shape index (κ3) is 3.52. The van der Waals surface area contributed by atoms with Crippen LogP contribution in [0.15, 0.2) is 16.9 Å². The summed E-state index contributed by atoms with van der Waals surface area (Å²) in [5.74, 6) is 0.829. The molecule has 2 rings (SSSR count). The molecule has 0 aliphatic carbocycles. The average molecular weight is 270 g/mol. The van der Waals surface area contributed by atoms with Gasteiger partial charge >= 0.3 is 0 Å². The molecule has 0 bridgehead atoms. The lowest BCUT2D eigenvalue weighted by atomic mass is 10.6.